The average Bonchev–Trinajstić information content (AvgIpc) is 2.57. The van der Waals surface area contributed by atoms with Gasteiger partial charge >= 0.3 is 0 Å². The second-order valence-electron chi connectivity index (χ2n) is 4.71. The number of benzene rings is 1. The molecule has 22 heavy (non-hydrogen) atoms. The van der Waals surface area contributed by atoms with Crippen LogP contribution in [0.4, 0.5) is 0 Å². The first-order valence-electron chi connectivity index (χ1n) is 6.73. The molecule has 0 spiro atoms. The number of halogens is 1. The molecule has 0 amide bonds. The van der Waals surface area contributed by atoms with Gasteiger partial charge in [-0.15, -0.1) is 0 Å². The Hall–Kier alpha value is -2.59. The molecule has 108 valence electrons. The van der Waals surface area contributed by atoms with Gasteiger partial charge in [0.05, 0.1) is 24.0 Å². The fourth-order valence-electron chi connectivity index (χ4n) is 1.99. The lowest BCUT2D eigenvalue weighted by atomic mass is 10.1. The summed E-state index contributed by atoms with van der Waals surface area (Å²) in [5.41, 5.74) is 2.67. The number of carbonyl (C=O) groups excluding carboxylic acids is 1. The summed E-state index contributed by atoms with van der Waals surface area (Å²) in [6.07, 6.45) is 5.15. The largest absolute Gasteiger partial charge is 0.294 e. The highest BCUT2D eigenvalue weighted by Gasteiger charge is 2.09. The van der Waals surface area contributed by atoms with Gasteiger partial charge in [-0.25, -0.2) is 0 Å². The van der Waals surface area contributed by atoms with Crippen molar-refractivity contribution in [3.63, 3.8) is 0 Å². The number of ketones is 1. The van der Waals surface area contributed by atoms with Crippen molar-refractivity contribution >= 4 is 17.4 Å². The maximum absolute atomic E-state index is 12.2. The second kappa shape index (κ2) is 6.45. The van der Waals surface area contributed by atoms with Crippen molar-refractivity contribution in [1.29, 1.82) is 0 Å². The summed E-state index contributed by atoms with van der Waals surface area (Å²) in [5, 5.41) is 0.607. The summed E-state index contributed by atoms with van der Waals surface area (Å²) in [4.78, 5) is 25.0. The van der Waals surface area contributed by atoms with Crippen LogP contribution < -0.4 is 0 Å². The molecule has 0 aliphatic carbocycles. The van der Waals surface area contributed by atoms with Gasteiger partial charge in [0.15, 0.2) is 5.78 Å². The Kier molecular flexibility index (Phi) is 4.21. The predicted molar refractivity (Wildman–Crippen MR) is 84.7 cm³/mol. The summed E-state index contributed by atoms with van der Waals surface area (Å²) in [6.45, 7) is 0. The fraction of sp³-hybridized carbons (Fsp3) is 0.0588. The van der Waals surface area contributed by atoms with Gasteiger partial charge in [-0.3, -0.25) is 19.7 Å². The van der Waals surface area contributed by atoms with E-state index in [0.29, 0.717) is 22.0 Å². The van der Waals surface area contributed by atoms with E-state index < -0.39 is 0 Å². The average molecular weight is 310 g/mol. The molecule has 0 saturated heterocycles. The van der Waals surface area contributed by atoms with Crippen LogP contribution in [-0.2, 0) is 6.42 Å². The molecule has 2 aromatic heterocycles. The van der Waals surface area contributed by atoms with Crippen LogP contribution in [0.5, 0.6) is 0 Å². The molecule has 1 aromatic carbocycles. The lowest BCUT2D eigenvalue weighted by Crippen LogP contribution is -2.05. The summed E-state index contributed by atoms with van der Waals surface area (Å²) in [5.74, 6) is -0.0171. The highest BCUT2D eigenvalue weighted by atomic mass is 35.5. The number of rotatable bonds is 4. The third kappa shape index (κ3) is 3.35. The molecule has 0 aliphatic heterocycles. The van der Waals surface area contributed by atoms with E-state index in [1.807, 2.05) is 18.2 Å². The maximum atomic E-state index is 12.2. The first-order valence-corrected chi connectivity index (χ1v) is 7.11. The topological polar surface area (TPSA) is 55.7 Å². The van der Waals surface area contributed by atoms with Crippen LogP contribution in [0.3, 0.4) is 0 Å². The van der Waals surface area contributed by atoms with Gasteiger partial charge in [0.1, 0.15) is 5.69 Å². The van der Waals surface area contributed by atoms with Crippen molar-refractivity contribution in [3.8, 4) is 11.4 Å². The van der Waals surface area contributed by atoms with Gasteiger partial charge < -0.3 is 0 Å². The van der Waals surface area contributed by atoms with Crippen LogP contribution in [0.1, 0.15) is 16.1 Å². The Labute approximate surface area is 132 Å². The van der Waals surface area contributed by atoms with Gasteiger partial charge in [-0.05, 0) is 36.4 Å². The fourth-order valence-corrected chi connectivity index (χ4v) is 2.12. The Balaban J connectivity index is 1.73. The predicted octanol–water partition coefficient (Wildman–Crippen LogP) is 3.62. The smallest absolute Gasteiger partial charge is 0.168 e. The molecule has 0 saturated carbocycles. The van der Waals surface area contributed by atoms with Gasteiger partial charge in [0, 0.05) is 23.0 Å². The number of aromatic nitrogens is 3. The quantitative estimate of drug-likeness (QED) is 0.691. The SMILES string of the molecule is O=C(Cc1cnc(-c2ccccn2)cn1)c1ccc(Cl)cc1. The molecule has 0 unspecified atom stereocenters. The molecule has 0 N–H and O–H groups in total. The molecule has 0 aliphatic rings. The van der Waals surface area contributed by atoms with Crippen LogP contribution in [0, 0.1) is 0 Å². The molecule has 0 atom stereocenters. The van der Waals surface area contributed by atoms with Crippen LogP contribution >= 0.6 is 11.6 Å². The monoisotopic (exact) mass is 309 g/mol. The molecular formula is C17H12ClN3O. The van der Waals surface area contributed by atoms with Crippen molar-refractivity contribution in [2.75, 3.05) is 0 Å². The third-order valence-corrected chi connectivity index (χ3v) is 3.39. The molecule has 0 radical (unpaired) electrons. The number of nitrogens with zero attached hydrogens (tertiary/aromatic N) is 3. The number of carbonyl (C=O) groups is 1. The van der Waals surface area contributed by atoms with Crippen LogP contribution in [0.15, 0.2) is 61.1 Å². The molecule has 0 bridgehead atoms. The zero-order chi connectivity index (χ0) is 15.4. The molecule has 5 heteroatoms. The van der Waals surface area contributed by atoms with Crippen molar-refractivity contribution < 1.29 is 4.79 Å². The second-order valence-corrected chi connectivity index (χ2v) is 5.15. The molecular weight excluding hydrogens is 298 g/mol. The molecule has 0 fully saturated rings. The van der Waals surface area contributed by atoms with E-state index in [1.54, 1.807) is 42.9 Å². The Morgan fingerprint density at radius 1 is 0.909 bits per heavy atom. The molecule has 3 rings (SSSR count). The lowest BCUT2D eigenvalue weighted by molar-refractivity contribution is 0.0992. The molecule has 2 heterocycles. The van der Waals surface area contributed by atoms with Crippen LogP contribution in [0.2, 0.25) is 5.02 Å². The van der Waals surface area contributed by atoms with Gasteiger partial charge in [-0.1, -0.05) is 17.7 Å². The summed E-state index contributed by atoms with van der Waals surface area (Å²) in [6, 6.07) is 12.4. The first-order chi connectivity index (χ1) is 10.7. The minimum atomic E-state index is -0.0171. The summed E-state index contributed by atoms with van der Waals surface area (Å²) < 4.78 is 0. The van der Waals surface area contributed by atoms with Gasteiger partial charge in [-0.2, -0.15) is 0 Å². The molecule has 4 nitrogen and oxygen atoms in total. The standard InChI is InChI=1S/C17H12ClN3O/c18-13-6-4-12(5-7-13)17(22)9-14-10-21-16(11-20-14)15-3-1-2-8-19-15/h1-8,10-11H,9H2. The van der Waals surface area contributed by atoms with E-state index in [1.165, 1.54) is 0 Å². The minimum absolute atomic E-state index is 0.0171. The lowest BCUT2D eigenvalue weighted by Gasteiger charge is -2.03. The Morgan fingerprint density at radius 3 is 2.36 bits per heavy atom. The number of hydrogen-bond acceptors (Lipinski definition) is 4. The Bertz CT molecular complexity index is 771. The number of Topliss-reactive ketones (excluding diaryl/α,β-unsaturated/α-hetero) is 1. The third-order valence-electron chi connectivity index (χ3n) is 3.14. The Morgan fingerprint density at radius 2 is 1.73 bits per heavy atom. The molecule has 3 aromatic rings. The number of hydrogen-bond donors (Lipinski definition) is 0. The van der Waals surface area contributed by atoms with Crippen molar-refractivity contribution in [2.24, 2.45) is 0 Å². The number of pyridine rings is 1. The summed E-state index contributed by atoms with van der Waals surface area (Å²) >= 11 is 5.81. The zero-order valence-electron chi connectivity index (χ0n) is 11.6. The zero-order valence-corrected chi connectivity index (χ0v) is 12.4. The van der Waals surface area contributed by atoms with E-state index in [-0.39, 0.29) is 12.2 Å². The first kappa shape index (κ1) is 14.4. The highest BCUT2D eigenvalue weighted by molar-refractivity contribution is 6.30. The van der Waals surface area contributed by atoms with Gasteiger partial charge in [0.2, 0.25) is 0 Å². The highest BCUT2D eigenvalue weighted by Crippen LogP contribution is 2.14. The van der Waals surface area contributed by atoms with E-state index in [0.717, 1.165) is 5.69 Å². The van der Waals surface area contributed by atoms with Gasteiger partial charge in [0.25, 0.3) is 0 Å². The van der Waals surface area contributed by atoms with Crippen molar-refractivity contribution in [2.45, 2.75) is 6.42 Å². The van der Waals surface area contributed by atoms with E-state index in [2.05, 4.69) is 15.0 Å². The maximum Gasteiger partial charge on any atom is 0.168 e. The minimum Gasteiger partial charge on any atom is -0.294 e. The summed E-state index contributed by atoms with van der Waals surface area (Å²) in [7, 11) is 0. The van der Waals surface area contributed by atoms with Crippen molar-refractivity contribution in [3.05, 3.63) is 77.3 Å². The van der Waals surface area contributed by atoms with Crippen LogP contribution in [-0.4, -0.2) is 20.7 Å². The van der Waals surface area contributed by atoms with Crippen LogP contribution in [0.25, 0.3) is 11.4 Å². The van der Waals surface area contributed by atoms with E-state index in [9.17, 15) is 4.79 Å². The normalized spacial score (nSPS) is 10.4. The van der Waals surface area contributed by atoms with E-state index >= 15 is 0 Å². The van der Waals surface area contributed by atoms with E-state index in [4.69, 9.17) is 11.6 Å². The van der Waals surface area contributed by atoms with Crippen molar-refractivity contribution in [1.82, 2.24) is 15.0 Å².